The van der Waals surface area contributed by atoms with Gasteiger partial charge in [0.15, 0.2) is 0 Å². The first kappa shape index (κ1) is 23.0. The fraction of sp³-hybridized carbons (Fsp3) is 0.440. The molecule has 0 spiro atoms. The number of aryl methyl sites for hydroxylation is 1. The van der Waals surface area contributed by atoms with Crippen LogP contribution in [0.1, 0.15) is 42.0 Å². The Hall–Kier alpha value is -2.70. The largest absolute Gasteiger partial charge is 0.481 e. The molecule has 4 rings (SSSR count). The lowest BCUT2D eigenvalue weighted by atomic mass is 9.97. The Labute approximate surface area is 184 Å². The van der Waals surface area contributed by atoms with E-state index in [1.165, 1.54) is 37.1 Å². The van der Waals surface area contributed by atoms with Crippen LogP contribution in [0.15, 0.2) is 54.6 Å². The van der Waals surface area contributed by atoms with Gasteiger partial charge in [0.2, 0.25) is 0 Å². The quantitative estimate of drug-likeness (QED) is 0.591. The number of benzene rings is 1. The van der Waals surface area contributed by atoms with Gasteiger partial charge in [-0.05, 0) is 36.5 Å². The van der Waals surface area contributed by atoms with Crippen LogP contribution in [0.4, 0.5) is 5.82 Å². The molecule has 2 aromatic rings. The molecule has 1 unspecified atom stereocenters. The van der Waals surface area contributed by atoms with Crippen LogP contribution in [0.2, 0.25) is 0 Å². The molecule has 1 aromatic carbocycles. The zero-order valence-corrected chi connectivity index (χ0v) is 18.0. The molecule has 1 aromatic heterocycles. The Morgan fingerprint density at radius 2 is 2.00 bits per heavy atom. The number of fused-ring (bicyclic) bond motifs is 1. The molecule has 0 amide bonds. The maximum absolute atomic E-state index is 10.4. The molecule has 2 aliphatic rings. The molecule has 6 nitrogen and oxygen atoms in total. The van der Waals surface area contributed by atoms with Crippen molar-refractivity contribution in [2.24, 2.45) is 0 Å². The minimum absolute atomic E-state index is 0.0273. The highest BCUT2D eigenvalue weighted by molar-refractivity contribution is 5.68. The lowest BCUT2D eigenvalue weighted by molar-refractivity contribution is -0.137. The first-order valence-corrected chi connectivity index (χ1v) is 11.1. The average molecular weight is 424 g/mol. The number of carboxylic acids is 1. The standard InChI is InChI=1S/C15H21N3.C10H12O3/c1-2-10-18(11-3-1)12-8-14-7-6-13-5-4-9-16-15(13)17-14;11-7-9(6-10(12)13)8-4-2-1-3-5-8/h1-2,6-7H,3-5,8-12H2,(H,16,17);1-5,9,11H,6-7H2,(H,12,13). The number of nitrogens with zero attached hydrogens (tertiary/aromatic N) is 2. The fourth-order valence-electron chi connectivity index (χ4n) is 3.90. The topological polar surface area (TPSA) is 85.7 Å². The Balaban J connectivity index is 0.000000187. The first-order valence-electron chi connectivity index (χ1n) is 11.1. The number of aromatic nitrogens is 1. The van der Waals surface area contributed by atoms with E-state index >= 15 is 0 Å². The number of hydrogen-bond acceptors (Lipinski definition) is 5. The second kappa shape index (κ2) is 12.2. The van der Waals surface area contributed by atoms with Crippen LogP contribution in [0, 0.1) is 0 Å². The van der Waals surface area contributed by atoms with E-state index in [1.54, 1.807) is 0 Å². The van der Waals surface area contributed by atoms with Crippen molar-refractivity contribution in [1.29, 1.82) is 0 Å². The summed E-state index contributed by atoms with van der Waals surface area (Å²) in [4.78, 5) is 17.7. The SMILES string of the molecule is C1=CCN(CCc2ccc3c(n2)NCCC3)CC1.O=C(O)CC(CO)c1ccccc1. The number of aliphatic hydroxyl groups is 1. The number of aliphatic carboxylic acids is 1. The highest BCUT2D eigenvalue weighted by Gasteiger charge is 2.14. The van der Waals surface area contributed by atoms with E-state index in [-0.39, 0.29) is 18.9 Å². The van der Waals surface area contributed by atoms with Gasteiger partial charge in [-0.15, -0.1) is 0 Å². The number of rotatable bonds is 7. The molecule has 166 valence electrons. The summed E-state index contributed by atoms with van der Waals surface area (Å²) < 4.78 is 0. The van der Waals surface area contributed by atoms with Crippen molar-refractivity contribution in [3.05, 3.63) is 71.4 Å². The third-order valence-corrected chi connectivity index (χ3v) is 5.69. The number of carbonyl (C=O) groups is 1. The van der Waals surface area contributed by atoms with Crippen LogP contribution in [-0.2, 0) is 17.6 Å². The fourth-order valence-corrected chi connectivity index (χ4v) is 3.90. The maximum Gasteiger partial charge on any atom is 0.304 e. The molecule has 0 bridgehead atoms. The van der Waals surface area contributed by atoms with E-state index in [9.17, 15) is 4.79 Å². The minimum Gasteiger partial charge on any atom is -0.481 e. The molecule has 3 heterocycles. The molecule has 2 aliphatic heterocycles. The predicted molar refractivity (Wildman–Crippen MR) is 123 cm³/mol. The lowest BCUT2D eigenvalue weighted by Crippen LogP contribution is -2.29. The van der Waals surface area contributed by atoms with Crippen molar-refractivity contribution < 1.29 is 15.0 Å². The van der Waals surface area contributed by atoms with Crippen LogP contribution >= 0.6 is 0 Å². The van der Waals surface area contributed by atoms with Crippen molar-refractivity contribution in [1.82, 2.24) is 9.88 Å². The zero-order valence-electron chi connectivity index (χ0n) is 18.0. The summed E-state index contributed by atoms with van der Waals surface area (Å²) in [6, 6.07) is 13.6. The first-order chi connectivity index (χ1) is 15.2. The van der Waals surface area contributed by atoms with Gasteiger partial charge in [-0.1, -0.05) is 48.6 Å². The Morgan fingerprint density at radius 1 is 1.16 bits per heavy atom. The predicted octanol–water partition coefficient (Wildman–Crippen LogP) is 3.48. The minimum atomic E-state index is -0.886. The maximum atomic E-state index is 10.4. The third-order valence-electron chi connectivity index (χ3n) is 5.69. The summed E-state index contributed by atoms with van der Waals surface area (Å²) in [5, 5.41) is 20.9. The molecule has 0 saturated heterocycles. The molecule has 31 heavy (non-hydrogen) atoms. The van der Waals surface area contributed by atoms with Crippen LogP contribution in [0.25, 0.3) is 0 Å². The summed E-state index contributed by atoms with van der Waals surface area (Å²) >= 11 is 0. The van der Waals surface area contributed by atoms with Gasteiger partial charge in [0.05, 0.1) is 13.0 Å². The summed E-state index contributed by atoms with van der Waals surface area (Å²) in [6.45, 7) is 4.36. The normalized spacial score (nSPS) is 16.4. The van der Waals surface area contributed by atoms with Gasteiger partial charge >= 0.3 is 5.97 Å². The second-order valence-corrected chi connectivity index (χ2v) is 8.04. The van der Waals surface area contributed by atoms with Crippen molar-refractivity contribution in [2.75, 3.05) is 38.1 Å². The van der Waals surface area contributed by atoms with E-state index in [0.717, 1.165) is 37.4 Å². The zero-order chi connectivity index (χ0) is 21.9. The number of aliphatic hydroxyl groups excluding tert-OH is 1. The number of nitrogens with one attached hydrogen (secondary N) is 1. The van der Waals surface area contributed by atoms with E-state index < -0.39 is 5.97 Å². The van der Waals surface area contributed by atoms with Crippen LogP contribution in [-0.4, -0.2) is 58.9 Å². The van der Waals surface area contributed by atoms with Gasteiger partial charge in [-0.2, -0.15) is 0 Å². The average Bonchev–Trinajstić information content (AvgIpc) is 2.82. The van der Waals surface area contributed by atoms with Gasteiger partial charge in [0.1, 0.15) is 5.82 Å². The summed E-state index contributed by atoms with van der Waals surface area (Å²) in [7, 11) is 0. The number of carboxylic acid groups (broad SMARTS) is 1. The van der Waals surface area contributed by atoms with Gasteiger partial charge in [0, 0.05) is 44.2 Å². The highest BCUT2D eigenvalue weighted by atomic mass is 16.4. The smallest absolute Gasteiger partial charge is 0.304 e. The van der Waals surface area contributed by atoms with Crippen LogP contribution in [0.5, 0.6) is 0 Å². The van der Waals surface area contributed by atoms with Crippen molar-refractivity contribution in [2.45, 2.75) is 38.0 Å². The Kier molecular flexibility index (Phi) is 9.06. The van der Waals surface area contributed by atoms with Crippen LogP contribution in [0.3, 0.4) is 0 Å². The van der Waals surface area contributed by atoms with E-state index in [1.807, 2.05) is 30.3 Å². The lowest BCUT2D eigenvalue weighted by Gasteiger charge is -2.23. The molecular weight excluding hydrogens is 390 g/mol. The number of pyridine rings is 1. The van der Waals surface area contributed by atoms with Gasteiger partial charge in [0.25, 0.3) is 0 Å². The summed E-state index contributed by atoms with van der Waals surface area (Å²) in [6.07, 6.45) is 9.17. The Bertz CT molecular complexity index is 854. The Morgan fingerprint density at radius 3 is 2.71 bits per heavy atom. The van der Waals surface area contributed by atoms with E-state index in [0.29, 0.717) is 0 Å². The molecule has 0 saturated carbocycles. The molecule has 1 atom stereocenters. The molecule has 6 heteroatoms. The van der Waals surface area contributed by atoms with Crippen LogP contribution < -0.4 is 5.32 Å². The molecule has 3 N–H and O–H groups in total. The van der Waals surface area contributed by atoms with Crippen molar-refractivity contribution in [3.8, 4) is 0 Å². The van der Waals surface area contributed by atoms with Crippen molar-refractivity contribution >= 4 is 11.8 Å². The summed E-state index contributed by atoms with van der Waals surface area (Å²) in [5.41, 5.74) is 3.47. The number of hydrogen-bond donors (Lipinski definition) is 3. The third kappa shape index (κ3) is 7.49. The molecule has 0 aliphatic carbocycles. The summed E-state index contributed by atoms with van der Waals surface area (Å²) in [5.74, 6) is -0.0566. The monoisotopic (exact) mass is 423 g/mol. The molecule has 0 fully saturated rings. The second-order valence-electron chi connectivity index (χ2n) is 8.04. The van der Waals surface area contributed by atoms with Gasteiger partial charge in [-0.3, -0.25) is 9.69 Å². The van der Waals surface area contributed by atoms with Crippen molar-refractivity contribution in [3.63, 3.8) is 0 Å². The number of anilines is 1. The molecular formula is C25H33N3O3. The van der Waals surface area contributed by atoms with E-state index in [2.05, 4.69) is 34.5 Å². The molecule has 0 radical (unpaired) electrons. The van der Waals surface area contributed by atoms with E-state index in [4.69, 9.17) is 15.2 Å². The van der Waals surface area contributed by atoms with Gasteiger partial charge < -0.3 is 15.5 Å². The highest BCUT2D eigenvalue weighted by Crippen LogP contribution is 2.20. The van der Waals surface area contributed by atoms with Gasteiger partial charge in [-0.25, -0.2) is 4.98 Å².